The lowest BCUT2D eigenvalue weighted by atomic mass is 10.1. The van der Waals surface area contributed by atoms with Crippen molar-refractivity contribution in [2.45, 2.75) is 45.9 Å². The Hall–Kier alpha value is -1.13. The fraction of sp³-hybridized carbons (Fsp3) is 0.667. The number of pyridine rings is 1. The number of nitrogens with zero attached hydrogens (tertiary/aromatic N) is 2. The Kier molecular flexibility index (Phi) is 5.16. The highest BCUT2D eigenvalue weighted by Crippen LogP contribution is 2.22. The molecule has 0 spiro atoms. The smallest absolute Gasteiger partial charge is 0.129 e. The molecule has 2 unspecified atom stereocenters. The van der Waals surface area contributed by atoms with E-state index in [-0.39, 0.29) is 6.10 Å². The minimum atomic E-state index is 0.280. The summed E-state index contributed by atoms with van der Waals surface area (Å²) < 4.78 is 5.75. The molecule has 0 radical (unpaired) electrons. The minimum Gasteiger partial charge on any atom is -0.375 e. The highest BCUT2D eigenvalue weighted by molar-refractivity contribution is 5.43. The van der Waals surface area contributed by atoms with Gasteiger partial charge in [0.15, 0.2) is 0 Å². The molecule has 0 bridgehead atoms. The molecule has 2 atom stereocenters. The fourth-order valence-corrected chi connectivity index (χ4v) is 2.46. The number of morpholine rings is 1. The van der Waals surface area contributed by atoms with Crippen molar-refractivity contribution in [3.63, 3.8) is 0 Å². The second kappa shape index (κ2) is 6.87. The molecule has 1 saturated heterocycles. The molecule has 19 heavy (non-hydrogen) atoms. The highest BCUT2D eigenvalue weighted by Gasteiger charge is 2.26. The van der Waals surface area contributed by atoms with E-state index in [1.807, 2.05) is 6.20 Å². The van der Waals surface area contributed by atoms with Gasteiger partial charge < -0.3 is 15.0 Å². The Morgan fingerprint density at radius 3 is 3.05 bits per heavy atom. The minimum absolute atomic E-state index is 0.280. The van der Waals surface area contributed by atoms with Gasteiger partial charge in [0.05, 0.1) is 18.8 Å². The van der Waals surface area contributed by atoms with Gasteiger partial charge in [-0.25, -0.2) is 4.98 Å². The average Bonchev–Trinajstić information content (AvgIpc) is 2.45. The van der Waals surface area contributed by atoms with Crippen molar-refractivity contribution in [1.82, 2.24) is 10.3 Å². The molecule has 0 aliphatic carbocycles. The maximum Gasteiger partial charge on any atom is 0.129 e. The van der Waals surface area contributed by atoms with Crippen molar-refractivity contribution < 1.29 is 4.74 Å². The van der Waals surface area contributed by atoms with Crippen LogP contribution >= 0.6 is 0 Å². The van der Waals surface area contributed by atoms with E-state index in [0.717, 1.165) is 38.5 Å². The molecule has 1 aliphatic heterocycles. The van der Waals surface area contributed by atoms with E-state index in [9.17, 15) is 0 Å². The summed E-state index contributed by atoms with van der Waals surface area (Å²) in [5, 5.41) is 3.36. The van der Waals surface area contributed by atoms with Gasteiger partial charge in [0.25, 0.3) is 0 Å². The summed E-state index contributed by atoms with van der Waals surface area (Å²) in [5.41, 5.74) is 1.29. The lowest BCUT2D eigenvalue weighted by Crippen LogP contribution is -2.49. The second-order valence-corrected chi connectivity index (χ2v) is 5.16. The highest BCUT2D eigenvalue weighted by atomic mass is 16.5. The van der Waals surface area contributed by atoms with Crippen LogP contribution in [0.3, 0.4) is 0 Å². The predicted molar refractivity (Wildman–Crippen MR) is 78.5 cm³/mol. The summed E-state index contributed by atoms with van der Waals surface area (Å²) >= 11 is 0. The Morgan fingerprint density at radius 2 is 2.32 bits per heavy atom. The van der Waals surface area contributed by atoms with Gasteiger partial charge in [0.2, 0.25) is 0 Å². The average molecular weight is 263 g/mol. The molecule has 0 saturated carbocycles. The van der Waals surface area contributed by atoms with Crippen molar-refractivity contribution in [2.24, 2.45) is 0 Å². The quantitative estimate of drug-likeness (QED) is 0.883. The van der Waals surface area contributed by atoms with Gasteiger partial charge in [-0.3, -0.25) is 0 Å². The Labute approximate surface area is 116 Å². The van der Waals surface area contributed by atoms with Crippen LogP contribution in [0.1, 0.15) is 32.8 Å². The van der Waals surface area contributed by atoms with Crippen LogP contribution < -0.4 is 10.2 Å². The SMILES string of the molecule is CCNCc1ccnc(N2CC(C)OCC2CC)c1. The summed E-state index contributed by atoms with van der Waals surface area (Å²) in [6, 6.07) is 4.72. The number of hydrogen-bond donors (Lipinski definition) is 1. The van der Waals surface area contributed by atoms with Crippen molar-refractivity contribution in [3.8, 4) is 0 Å². The zero-order chi connectivity index (χ0) is 13.7. The van der Waals surface area contributed by atoms with E-state index in [2.05, 4.69) is 48.1 Å². The number of ether oxygens (including phenoxy) is 1. The molecule has 106 valence electrons. The first-order valence-corrected chi connectivity index (χ1v) is 7.28. The van der Waals surface area contributed by atoms with E-state index in [4.69, 9.17) is 4.74 Å². The molecule has 2 rings (SSSR count). The molecular formula is C15H25N3O. The number of aromatic nitrogens is 1. The third kappa shape index (κ3) is 3.67. The van der Waals surface area contributed by atoms with Crippen LogP contribution in [-0.2, 0) is 11.3 Å². The second-order valence-electron chi connectivity index (χ2n) is 5.16. The summed E-state index contributed by atoms with van der Waals surface area (Å²) in [6.45, 7) is 10.1. The predicted octanol–water partition coefficient (Wildman–Crippen LogP) is 2.19. The van der Waals surface area contributed by atoms with Gasteiger partial charge >= 0.3 is 0 Å². The third-order valence-corrected chi connectivity index (χ3v) is 3.62. The Morgan fingerprint density at radius 1 is 1.47 bits per heavy atom. The molecule has 1 N–H and O–H groups in total. The van der Waals surface area contributed by atoms with Crippen molar-refractivity contribution >= 4 is 5.82 Å². The maximum absolute atomic E-state index is 5.75. The lowest BCUT2D eigenvalue weighted by Gasteiger charge is -2.39. The van der Waals surface area contributed by atoms with Gasteiger partial charge in [-0.15, -0.1) is 0 Å². The van der Waals surface area contributed by atoms with Crippen LogP contribution in [0.4, 0.5) is 5.82 Å². The molecule has 4 nitrogen and oxygen atoms in total. The zero-order valence-electron chi connectivity index (χ0n) is 12.2. The lowest BCUT2D eigenvalue weighted by molar-refractivity contribution is 0.0296. The fourth-order valence-electron chi connectivity index (χ4n) is 2.46. The topological polar surface area (TPSA) is 37.4 Å². The van der Waals surface area contributed by atoms with E-state index in [1.165, 1.54) is 5.56 Å². The van der Waals surface area contributed by atoms with Crippen LogP contribution in [0.2, 0.25) is 0 Å². The van der Waals surface area contributed by atoms with Crippen LogP contribution in [0.15, 0.2) is 18.3 Å². The molecule has 2 heterocycles. The van der Waals surface area contributed by atoms with Crippen LogP contribution in [0.5, 0.6) is 0 Å². The molecule has 1 aromatic rings. The maximum atomic E-state index is 5.75. The molecule has 0 amide bonds. The normalized spacial score (nSPS) is 23.6. The summed E-state index contributed by atoms with van der Waals surface area (Å²) in [6.07, 6.45) is 3.28. The third-order valence-electron chi connectivity index (χ3n) is 3.62. The molecule has 1 aromatic heterocycles. The van der Waals surface area contributed by atoms with Crippen LogP contribution in [0.25, 0.3) is 0 Å². The molecule has 1 fully saturated rings. The first-order chi connectivity index (χ1) is 9.24. The zero-order valence-corrected chi connectivity index (χ0v) is 12.2. The largest absolute Gasteiger partial charge is 0.375 e. The summed E-state index contributed by atoms with van der Waals surface area (Å²) in [7, 11) is 0. The van der Waals surface area contributed by atoms with E-state index in [0.29, 0.717) is 6.04 Å². The van der Waals surface area contributed by atoms with Crippen molar-refractivity contribution in [2.75, 3.05) is 24.6 Å². The molecule has 4 heteroatoms. The molecule has 0 aromatic carbocycles. The van der Waals surface area contributed by atoms with E-state index in [1.54, 1.807) is 0 Å². The Bertz CT molecular complexity index is 397. The number of nitrogens with one attached hydrogen (secondary N) is 1. The number of anilines is 1. The van der Waals surface area contributed by atoms with Gasteiger partial charge in [0, 0.05) is 19.3 Å². The number of rotatable bonds is 5. The first-order valence-electron chi connectivity index (χ1n) is 7.28. The Balaban J connectivity index is 2.13. The van der Waals surface area contributed by atoms with E-state index >= 15 is 0 Å². The number of hydrogen-bond acceptors (Lipinski definition) is 4. The summed E-state index contributed by atoms with van der Waals surface area (Å²) in [5.74, 6) is 1.08. The van der Waals surface area contributed by atoms with Crippen LogP contribution in [-0.4, -0.2) is 36.8 Å². The van der Waals surface area contributed by atoms with E-state index < -0.39 is 0 Å². The van der Waals surface area contributed by atoms with Gasteiger partial charge in [-0.2, -0.15) is 0 Å². The molecular weight excluding hydrogens is 238 g/mol. The monoisotopic (exact) mass is 263 g/mol. The van der Waals surface area contributed by atoms with Gasteiger partial charge in [0.1, 0.15) is 5.82 Å². The first kappa shape index (κ1) is 14.3. The van der Waals surface area contributed by atoms with Gasteiger partial charge in [-0.1, -0.05) is 13.8 Å². The van der Waals surface area contributed by atoms with Crippen molar-refractivity contribution in [3.05, 3.63) is 23.9 Å². The standard InChI is InChI=1S/C15H25N3O/c1-4-14-11-19-12(3)10-18(14)15-8-13(6-7-17-15)9-16-5-2/h6-8,12,14,16H,4-5,9-11H2,1-3H3. The summed E-state index contributed by atoms with van der Waals surface area (Å²) in [4.78, 5) is 6.94. The van der Waals surface area contributed by atoms with Gasteiger partial charge in [-0.05, 0) is 37.6 Å². The van der Waals surface area contributed by atoms with Crippen LogP contribution in [0, 0.1) is 0 Å². The molecule has 1 aliphatic rings. The van der Waals surface area contributed by atoms with Crippen molar-refractivity contribution in [1.29, 1.82) is 0 Å².